The lowest BCUT2D eigenvalue weighted by molar-refractivity contribution is -0.119. The first-order chi connectivity index (χ1) is 12.3. The number of piperidine rings is 1. The highest BCUT2D eigenvalue weighted by Crippen LogP contribution is 2.33. The number of amides is 1. The quantitative estimate of drug-likeness (QED) is 0.813. The largest absolute Gasteiger partial charge is 0.496 e. The van der Waals surface area contributed by atoms with Crippen LogP contribution in [-0.4, -0.2) is 57.0 Å². The van der Waals surface area contributed by atoms with Gasteiger partial charge in [-0.2, -0.15) is 4.31 Å². The van der Waals surface area contributed by atoms with Gasteiger partial charge in [-0.05, 0) is 49.9 Å². The van der Waals surface area contributed by atoms with E-state index in [1.54, 1.807) is 29.6 Å². The fourth-order valence-electron chi connectivity index (χ4n) is 4.04. The van der Waals surface area contributed by atoms with Crippen LogP contribution in [-0.2, 0) is 14.8 Å². The molecule has 1 aromatic carbocycles. The number of nitrogens with zero attached hydrogens (tertiary/aromatic N) is 1. The van der Waals surface area contributed by atoms with Gasteiger partial charge in [-0.15, -0.1) is 0 Å². The van der Waals surface area contributed by atoms with Gasteiger partial charge in [0.15, 0.2) is 0 Å². The number of carbonyl (C=O) groups is 1. The average molecular weight is 381 g/mol. The van der Waals surface area contributed by atoms with Crippen molar-refractivity contribution in [2.24, 2.45) is 0 Å². The normalized spacial score (nSPS) is 23.1. The maximum Gasteiger partial charge on any atom is 0.243 e. The molecule has 3 rings (SSSR count). The fourth-order valence-corrected chi connectivity index (χ4v) is 5.57. The lowest BCUT2D eigenvalue weighted by Crippen LogP contribution is -2.51. The van der Waals surface area contributed by atoms with Crippen LogP contribution in [0.4, 0.5) is 0 Å². The van der Waals surface area contributed by atoms with Gasteiger partial charge in [0.1, 0.15) is 5.75 Å². The second-order valence-electron chi connectivity index (χ2n) is 7.30. The minimum atomic E-state index is -3.51. The number of hydrogen-bond acceptors (Lipinski definition) is 5. The SMILES string of the molecule is COc1ccc(S(=O)(=O)N2CCC3(CC2)C[C@@H](NC(C)=O)CN3)cc1C. The summed E-state index contributed by atoms with van der Waals surface area (Å²) in [7, 11) is -1.94. The molecule has 0 bridgehead atoms. The van der Waals surface area contributed by atoms with Crippen LogP contribution in [0.25, 0.3) is 0 Å². The minimum Gasteiger partial charge on any atom is -0.496 e. The maximum absolute atomic E-state index is 13.0. The van der Waals surface area contributed by atoms with Crippen molar-refractivity contribution in [3.8, 4) is 5.75 Å². The highest BCUT2D eigenvalue weighted by molar-refractivity contribution is 7.89. The van der Waals surface area contributed by atoms with E-state index in [-0.39, 0.29) is 17.5 Å². The van der Waals surface area contributed by atoms with E-state index in [9.17, 15) is 13.2 Å². The summed E-state index contributed by atoms with van der Waals surface area (Å²) >= 11 is 0. The van der Waals surface area contributed by atoms with Gasteiger partial charge in [0.05, 0.1) is 12.0 Å². The van der Waals surface area contributed by atoms with Gasteiger partial charge in [0.25, 0.3) is 0 Å². The van der Waals surface area contributed by atoms with Crippen LogP contribution in [0.1, 0.15) is 31.7 Å². The molecule has 1 aromatic rings. The highest BCUT2D eigenvalue weighted by Gasteiger charge is 2.43. The molecule has 144 valence electrons. The average Bonchev–Trinajstić information content (AvgIpc) is 2.96. The second kappa shape index (κ2) is 7.17. The van der Waals surface area contributed by atoms with Crippen LogP contribution in [0.5, 0.6) is 5.75 Å². The molecule has 2 saturated heterocycles. The molecule has 1 amide bonds. The number of sulfonamides is 1. The van der Waals surface area contributed by atoms with Crippen molar-refractivity contribution in [2.45, 2.75) is 49.6 Å². The molecule has 1 atom stereocenters. The van der Waals surface area contributed by atoms with Crippen molar-refractivity contribution in [3.63, 3.8) is 0 Å². The summed E-state index contributed by atoms with van der Waals surface area (Å²) in [4.78, 5) is 11.6. The lowest BCUT2D eigenvalue weighted by atomic mass is 9.86. The van der Waals surface area contributed by atoms with Crippen molar-refractivity contribution in [2.75, 3.05) is 26.7 Å². The van der Waals surface area contributed by atoms with Crippen molar-refractivity contribution >= 4 is 15.9 Å². The van der Waals surface area contributed by atoms with Crippen molar-refractivity contribution in [1.82, 2.24) is 14.9 Å². The number of hydrogen-bond donors (Lipinski definition) is 2. The Morgan fingerprint density at radius 2 is 2.04 bits per heavy atom. The molecular formula is C18H27N3O4S. The molecule has 0 radical (unpaired) electrons. The third kappa shape index (κ3) is 3.72. The van der Waals surface area contributed by atoms with Gasteiger partial charge in [-0.3, -0.25) is 4.79 Å². The number of ether oxygens (including phenoxy) is 1. The molecule has 2 aliphatic rings. The van der Waals surface area contributed by atoms with Crippen molar-refractivity contribution in [3.05, 3.63) is 23.8 Å². The van der Waals surface area contributed by atoms with Crippen LogP contribution in [0.15, 0.2) is 23.1 Å². The number of benzene rings is 1. The van der Waals surface area contributed by atoms with Gasteiger partial charge >= 0.3 is 0 Å². The first-order valence-corrected chi connectivity index (χ1v) is 10.4. The molecule has 0 saturated carbocycles. The van der Waals surface area contributed by atoms with E-state index in [0.717, 1.165) is 31.4 Å². The summed E-state index contributed by atoms with van der Waals surface area (Å²) in [6.45, 7) is 5.06. The van der Waals surface area contributed by atoms with Crippen LogP contribution < -0.4 is 15.4 Å². The van der Waals surface area contributed by atoms with E-state index in [2.05, 4.69) is 10.6 Å². The van der Waals surface area contributed by atoms with E-state index in [1.807, 2.05) is 6.92 Å². The number of methoxy groups -OCH3 is 1. The van der Waals surface area contributed by atoms with Crippen molar-refractivity contribution in [1.29, 1.82) is 0 Å². The monoisotopic (exact) mass is 381 g/mol. The summed E-state index contributed by atoms with van der Waals surface area (Å²) in [5.74, 6) is 0.657. The van der Waals surface area contributed by atoms with Crippen LogP contribution in [0.3, 0.4) is 0 Å². The first-order valence-electron chi connectivity index (χ1n) is 8.93. The van der Waals surface area contributed by atoms with Crippen LogP contribution in [0, 0.1) is 6.92 Å². The molecule has 0 unspecified atom stereocenters. The van der Waals surface area contributed by atoms with Gasteiger partial charge < -0.3 is 15.4 Å². The zero-order chi connectivity index (χ0) is 18.9. The van der Waals surface area contributed by atoms with Gasteiger partial charge in [-0.25, -0.2) is 8.42 Å². The Balaban J connectivity index is 1.68. The predicted molar refractivity (Wildman–Crippen MR) is 98.7 cm³/mol. The molecule has 2 N–H and O–H groups in total. The smallest absolute Gasteiger partial charge is 0.243 e. The van der Waals surface area contributed by atoms with E-state index < -0.39 is 10.0 Å². The molecule has 8 heteroatoms. The van der Waals surface area contributed by atoms with Gasteiger partial charge in [0.2, 0.25) is 15.9 Å². The molecule has 1 spiro atoms. The summed E-state index contributed by atoms with van der Waals surface area (Å²) in [6.07, 6.45) is 2.34. The van der Waals surface area contributed by atoms with E-state index in [0.29, 0.717) is 23.7 Å². The second-order valence-corrected chi connectivity index (χ2v) is 9.24. The third-order valence-electron chi connectivity index (χ3n) is 5.45. The lowest BCUT2D eigenvalue weighted by Gasteiger charge is -2.39. The fraction of sp³-hybridized carbons (Fsp3) is 0.611. The van der Waals surface area contributed by atoms with Gasteiger partial charge in [-0.1, -0.05) is 0 Å². The topological polar surface area (TPSA) is 87.7 Å². The summed E-state index contributed by atoms with van der Waals surface area (Å²) < 4.78 is 32.7. The molecule has 2 fully saturated rings. The Morgan fingerprint density at radius 1 is 1.35 bits per heavy atom. The summed E-state index contributed by atoms with van der Waals surface area (Å²) in [5.41, 5.74) is 0.729. The number of carbonyl (C=O) groups excluding carboxylic acids is 1. The van der Waals surface area contributed by atoms with E-state index in [1.165, 1.54) is 6.92 Å². The van der Waals surface area contributed by atoms with Gasteiger partial charge in [0, 0.05) is 38.1 Å². The zero-order valence-electron chi connectivity index (χ0n) is 15.5. The van der Waals surface area contributed by atoms with E-state index in [4.69, 9.17) is 4.74 Å². The Kier molecular flexibility index (Phi) is 5.28. The molecule has 7 nitrogen and oxygen atoms in total. The first kappa shape index (κ1) is 19.1. The van der Waals surface area contributed by atoms with Crippen LogP contribution >= 0.6 is 0 Å². The molecule has 2 aliphatic heterocycles. The standard InChI is InChI=1S/C18H27N3O4S/c1-13-10-16(4-5-17(13)25-3)26(23,24)21-8-6-18(7-9-21)11-15(12-19-18)20-14(2)22/h4-5,10,15,19H,6-9,11-12H2,1-3H3,(H,20,22)/t15-/m1/s1. The highest BCUT2D eigenvalue weighted by atomic mass is 32.2. The summed E-state index contributed by atoms with van der Waals surface area (Å²) in [6, 6.07) is 5.09. The molecule has 2 heterocycles. The Labute approximate surface area is 155 Å². The molecular weight excluding hydrogens is 354 g/mol. The molecule has 26 heavy (non-hydrogen) atoms. The maximum atomic E-state index is 13.0. The molecule has 0 aromatic heterocycles. The third-order valence-corrected chi connectivity index (χ3v) is 7.35. The Morgan fingerprint density at radius 3 is 2.62 bits per heavy atom. The zero-order valence-corrected chi connectivity index (χ0v) is 16.4. The van der Waals surface area contributed by atoms with E-state index >= 15 is 0 Å². The van der Waals surface area contributed by atoms with Crippen molar-refractivity contribution < 1.29 is 17.9 Å². The minimum absolute atomic E-state index is 0.0243. The Bertz CT molecular complexity index is 786. The molecule has 0 aliphatic carbocycles. The van der Waals surface area contributed by atoms with Crippen LogP contribution in [0.2, 0.25) is 0 Å². The number of rotatable bonds is 4. The Hall–Kier alpha value is -1.64. The number of nitrogens with one attached hydrogen (secondary N) is 2. The predicted octanol–water partition coefficient (Wildman–Crippen LogP) is 1.02. The number of aryl methyl sites for hydroxylation is 1. The summed E-state index contributed by atoms with van der Waals surface area (Å²) in [5, 5.41) is 6.46.